The van der Waals surface area contributed by atoms with Gasteiger partial charge in [-0.2, -0.15) is 0 Å². The van der Waals surface area contributed by atoms with Crippen molar-refractivity contribution in [2.45, 2.75) is 32.7 Å². The summed E-state index contributed by atoms with van der Waals surface area (Å²) in [5, 5.41) is 3.33. The number of carbonyl (C=O) groups is 1. The average molecular weight is 284 g/mol. The van der Waals surface area contributed by atoms with Gasteiger partial charge in [-0.15, -0.1) is 0 Å². The van der Waals surface area contributed by atoms with Crippen LogP contribution >= 0.6 is 0 Å². The van der Waals surface area contributed by atoms with E-state index < -0.39 is 5.91 Å². The molecule has 1 saturated carbocycles. The molecule has 1 aliphatic rings. The summed E-state index contributed by atoms with van der Waals surface area (Å²) in [4.78, 5) is 11.1. The van der Waals surface area contributed by atoms with Crippen molar-refractivity contribution in [3.63, 3.8) is 0 Å². The molecular formula is C17H20N2O2. The van der Waals surface area contributed by atoms with Gasteiger partial charge in [-0.3, -0.25) is 4.79 Å². The molecule has 1 aromatic heterocycles. The molecule has 2 unspecified atom stereocenters. The molecule has 1 amide bonds. The van der Waals surface area contributed by atoms with Crippen LogP contribution in [0.2, 0.25) is 0 Å². The monoisotopic (exact) mass is 284 g/mol. The summed E-state index contributed by atoms with van der Waals surface area (Å²) in [5.41, 5.74) is 7.78. The zero-order valence-electron chi connectivity index (χ0n) is 12.3. The van der Waals surface area contributed by atoms with Gasteiger partial charge >= 0.3 is 0 Å². The Morgan fingerprint density at radius 1 is 1.38 bits per heavy atom. The quantitative estimate of drug-likeness (QED) is 0.884. The highest BCUT2D eigenvalue weighted by atomic mass is 16.3. The van der Waals surface area contributed by atoms with Crippen LogP contribution in [0, 0.1) is 12.8 Å². The molecule has 0 aliphatic heterocycles. The third-order valence-electron chi connectivity index (χ3n) is 4.12. The van der Waals surface area contributed by atoms with E-state index in [-0.39, 0.29) is 0 Å². The molecule has 2 atom stereocenters. The molecule has 3 N–H and O–H groups in total. The number of anilines is 1. The Morgan fingerprint density at radius 2 is 2.14 bits per heavy atom. The first-order valence-electron chi connectivity index (χ1n) is 7.27. The minimum absolute atomic E-state index is 0.404. The molecule has 4 nitrogen and oxygen atoms in total. The lowest BCUT2D eigenvalue weighted by molar-refractivity contribution is 0.1000. The van der Waals surface area contributed by atoms with Gasteiger partial charge in [-0.25, -0.2) is 0 Å². The van der Waals surface area contributed by atoms with Crippen molar-refractivity contribution in [2.75, 3.05) is 5.32 Å². The number of amides is 1. The zero-order valence-corrected chi connectivity index (χ0v) is 12.3. The molecule has 1 fully saturated rings. The maximum Gasteiger partial charge on any atom is 0.248 e. The van der Waals surface area contributed by atoms with Gasteiger partial charge in [0.05, 0.1) is 6.54 Å². The van der Waals surface area contributed by atoms with Gasteiger partial charge in [0, 0.05) is 17.2 Å². The zero-order chi connectivity index (χ0) is 15.0. The SMILES string of the molecule is Cc1cc(C(N)=O)ccc1NCc1ccc(C2CC2C)o1. The van der Waals surface area contributed by atoms with Crippen LogP contribution in [0.1, 0.15) is 46.7 Å². The molecule has 110 valence electrons. The number of hydrogen-bond acceptors (Lipinski definition) is 3. The van der Waals surface area contributed by atoms with Gasteiger partial charge in [0.15, 0.2) is 0 Å². The molecule has 3 rings (SSSR count). The van der Waals surface area contributed by atoms with Gasteiger partial charge < -0.3 is 15.5 Å². The van der Waals surface area contributed by atoms with E-state index in [1.807, 2.05) is 19.1 Å². The Morgan fingerprint density at radius 3 is 2.76 bits per heavy atom. The Kier molecular flexibility index (Phi) is 3.45. The minimum Gasteiger partial charge on any atom is -0.464 e. The number of primary amides is 1. The largest absolute Gasteiger partial charge is 0.464 e. The molecule has 0 radical (unpaired) electrons. The second-order valence-corrected chi connectivity index (χ2v) is 5.87. The maximum atomic E-state index is 11.1. The van der Waals surface area contributed by atoms with E-state index in [1.54, 1.807) is 12.1 Å². The summed E-state index contributed by atoms with van der Waals surface area (Å²) >= 11 is 0. The fourth-order valence-electron chi connectivity index (χ4n) is 2.60. The second-order valence-electron chi connectivity index (χ2n) is 5.87. The van der Waals surface area contributed by atoms with Crippen molar-refractivity contribution in [2.24, 2.45) is 11.7 Å². The molecular weight excluding hydrogens is 264 g/mol. The molecule has 21 heavy (non-hydrogen) atoms. The van der Waals surface area contributed by atoms with Crippen molar-refractivity contribution in [1.29, 1.82) is 0 Å². The standard InChI is InChI=1S/C17H20N2O2/c1-10-8-14(10)16-6-4-13(21-16)9-19-15-5-3-12(17(18)20)7-11(15)2/h3-7,10,14,19H,8-9H2,1-2H3,(H2,18,20). The third kappa shape index (κ3) is 2.94. The average Bonchev–Trinajstić information content (AvgIpc) is 3.00. The first-order chi connectivity index (χ1) is 10.0. The van der Waals surface area contributed by atoms with Crippen molar-refractivity contribution < 1.29 is 9.21 Å². The van der Waals surface area contributed by atoms with Crippen molar-refractivity contribution in [3.05, 3.63) is 53.0 Å². The number of carbonyl (C=O) groups excluding carboxylic acids is 1. The fourth-order valence-corrected chi connectivity index (χ4v) is 2.60. The van der Waals surface area contributed by atoms with E-state index in [1.165, 1.54) is 6.42 Å². The van der Waals surface area contributed by atoms with E-state index in [4.69, 9.17) is 10.2 Å². The van der Waals surface area contributed by atoms with Crippen LogP contribution in [0.3, 0.4) is 0 Å². The second kappa shape index (κ2) is 5.28. The number of benzene rings is 1. The molecule has 1 heterocycles. The molecule has 4 heteroatoms. The smallest absolute Gasteiger partial charge is 0.248 e. The van der Waals surface area contributed by atoms with E-state index in [0.29, 0.717) is 18.0 Å². The normalized spacial score (nSPS) is 20.3. The van der Waals surface area contributed by atoms with Crippen LogP contribution in [-0.4, -0.2) is 5.91 Å². The minimum atomic E-state index is -0.404. The van der Waals surface area contributed by atoms with E-state index in [0.717, 1.165) is 28.7 Å². The maximum absolute atomic E-state index is 11.1. The number of furan rings is 1. The summed E-state index contributed by atoms with van der Waals surface area (Å²) in [6.07, 6.45) is 1.23. The highest BCUT2D eigenvalue weighted by Crippen LogP contribution is 2.47. The van der Waals surface area contributed by atoms with Crippen LogP contribution in [0.25, 0.3) is 0 Å². The number of rotatable bonds is 5. The highest BCUT2D eigenvalue weighted by Gasteiger charge is 2.36. The lowest BCUT2D eigenvalue weighted by Crippen LogP contribution is -2.11. The van der Waals surface area contributed by atoms with Crippen molar-refractivity contribution >= 4 is 11.6 Å². The molecule has 1 aliphatic carbocycles. The summed E-state index contributed by atoms with van der Waals surface area (Å²) in [6.45, 7) is 4.83. The number of hydrogen-bond donors (Lipinski definition) is 2. The van der Waals surface area contributed by atoms with Crippen LogP contribution < -0.4 is 11.1 Å². The van der Waals surface area contributed by atoms with E-state index >= 15 is 0 Å². The molecule has 0 spiro atoms. The first kappa shape index (κ1) is 13.7. The first-order valence-corrected chi connectivity index (χ1v) is 7.27. The predicted molar refractivity (Wildman–Crippen MR) is 82.3 cm³/mol. The van der Waals surface area contributed by atoms with E-state index in [2.05, 4.69) is 18.3 Å². The van der Waals surface area contributed by atoms with Crippen molar-refractivity contribution in [3.8, 4) is 0 Å². The van der Waals surface area contributed by atoms with Gasteiger partial charge in [-0.1, -0.05) is 6.92 Å². The Bertz CT molecular complexity index is 675. The highest BCUT2D eigenvalue weighted by molar-refractivity contribution is 5.93. The van der Waals surface area contributed by atoms with Crippen molar-refractivity contribution in [1.82, 2.24) is 0 Å². The number of nitrogens with two attached hydrogens (primary N) is 1. The summed E-state index contributed by atoms with van der Waals surface area (Å²) in [5.74, 6) is 2.98. The van der Waals surface area contributed by atoms with Crippen LogP contribution in [-0.2, 0) is 6.54 Å². The Balaban J connectivity index is 1.64. The van der Waals surface area contributed by atoms with E-state index in [9.17, 15) is 4.79 Å². The number of nitrogens with one attached hydrogen (secondary N) is 1. The predicted octanol–water partition coefficient (Wildman–Crippen LogP) is 3.42. The topological polar surface area (TPSA) is 68.3 Å². The van der Waals surface area contributed by atoms with Gasteiger partial charge in [-0.05, 0) is 55.2 Å². The molecule has 0 saturated heterocycles. The number of aryl methyl sites for hydroxylation is 1. The molecule has 1 aromatic carbocycles. The van der Waals surface area contributed by atoms with Crippen LogP contribution in [0.4, 0.5) is 5.69 Å². The summed E-state index contributed by atoms with van der Waals surface area (Å²) in [7, 11) is 0. The summed E-state index contributed by atoms with van der Waals surface area (Å²) < 4.78 is 5.86. The molecule has 2 aromatic rings. The van der Waals surface area contributed by atoms with Gasteiger partial charge in [0.25, 0.3) is 0 Å². The third-order valence-corrected chi connectivity index (χ3v) is 4.12. The lowest BCUT2D eigenvalue weighted by Gasteiger charge is -2.09. The van der Waals surface area contributed by atoms with Gasteiger partial charge in [0.1, 0.15) is 11.5 Å². The van der Waals surface area contributed by atoms with Crippen LogP contribution in [0.15, 0.2) is 34.7 Å². The van der Waals surface area contributed by atoms with Gasteiger partial charge in [0.2, 0.25) is 5.91 Å². The lowest BCUT2D eigenvalue weighted by atomic mass is 10.1. The Labute approximate surface area is 124 Å². The fraction of sp³-hybridized carbons (Fsp3) is 0.353. The summed E-state index contributed by atoms with van der Waals surface area (Å²) in [6, 6.07) is 9.51. The Hall–Kier alpha value is -2.23. The van der Waals surface area contributed by atoms with Crippen LogP contribution in [0.5, 0.6) is 0 Å². The molecule has 0 bridgehead atoms.